The summed E-state index contributed by atoms with van der Waals surface area (Å²) < 4.78 is 1.97. The third kappa shape index (κ3) is 2.49. The van der Waals surface area contributed by atoms with E-state index in [-0.39, 0.29) is 23.1 Å². The summed E-state index contributed by atoms with van der Waals surface area (Å²) in [6, 6.07) is 8.53. The Balaban J connectivity index is 0.00000144. The SMILES string of the molecule is CC1=NN2C(=Nc3sc(C)n[n+]3C2c2ccc(C)cc2)S1.[Br-]. The first-order chi connectivity index (χ1) is 10.1. The summed E-state index contributed by atoms with van der Waals surface area (Å²) in [6.07, 6.45) is -0.0528. The van der Waals surface area contributed by atoms with Gasteiger partial charge in [0.25, 0.3) is 0 Å². The molecule has 22 heavy (non-hydrogen) atoms. The lowest BCUT2D eigenvalue weighted by Crippen LogP contribution is -3.00. The smallest absolute Gasteiger partial charge is 0.409 e. The average Bonchev–Trinajstić information content (AvgIpc) is 2.97. The number of nitrogens with zero attached hydrogens (tertiary/aromatic N) is 5. The van der Waals surface area contributed by atoms with E-state index in [2.05, 4.69) is 46.4 Å². The van der Waals surface area contributed by atoms with Gasteiger partial charge in [0.1, 0.15) is 10.1 Å². The molecule has 1 aromatic heterocycles. The largest absolute Gasteiger partial charge is 1.00 e. The van der Waals surface area contributed by atoms with Crippen molar-refractivity contribution in [1.29, 1.82) is 0 Å². The molecular weight excluding hydrogens is 382 g/mol. The summed E-state index contributed by atoms with van der Waals surface area (Å²) >= 11 is 3.23. The minimum atomic E-state index is -0.0528. The zero-order chi connectivity index (χ0) is 14.6. The van der Waals surface area contributed by atoms with Crippen molar-refractivity contribution in [3.8, 4) is 0 Å². The molecule has 0 aliphatic carbocycles. The van der Waals surface area contributed by atoms with Gasteiger partial charge < -0.3 is 17.0 Å². The Kier molecular flexibility index (Phi) is 4.09. The molecule has 0 bridgehead atoms. The van der Waals surface area contributed by atoms with E-state index in [1.807, 2.05) is 23.5 Å². The number of aliphatic imine (C=N–C) groups is 1. The highest BCUT2D eigenvalue weighted by Crippen LogP contribution is 2.36. The van der Waals surface area contributed by atoms with Gasteiger partial charge in [-0.05, 0) is 43.9 Å². The molecule has 2 aliphatic rings. The molecule has 0 amide bonds. The lowest BCUT2D eigenvalue weighted by molar-refractivity contribution is -0.770. The number of aryl methyl sites for hydroxylation is 2. The monoisotopic (exact) mass is 395 g/mol. The molecule has 0 radical (unpaired) electrons. The number of hydrogen-bond acceptors (Lipinski definition) is 6. The predicted molar refractivity (Wildman–Crippen MR) is 86.0 cm³/mol. The maximum Gasteiger partial charge on any atom is 0.409 e. The summed E-state index contributed by atoms with van der Waals surface area (Å²) in [5.74, 6) is 0. The molecule has 1 atom stereocenters. The Morgan fingerprint density at radius 3 is 2.59 bits per heavy atom. The van der Waals surface area contributed by atoms with Crippen molar-refractivity contribution >= 4 is 38.4 Å². The summed E-state index contributed by atoms with van der Waals surface area (Å²) in [5, 5.41) is 15.1. The third-order valence-electron chi connectivity index (χ3n) is 3.40. The van der Waals surface area contributed by atoms with Crippen LogP contribution in [0.25, 0.3) is 0 Å². The van der Waals surface area contributed by atoms with Crippen LogP contribution in [0.4, 0.5) is 5.13 Å². The molecule has 0 saturated heterocycles. The van der Waals surface area contributed by atoms with E-state index >= 15 is 0 Å². The van der Waals surface area contributed by atoms with Crippen molar-refractivity contribution in [3.05, 3.63) is 40.4 Å². The maximum absolute atomic E-state index is 4.68. The van der Waals surface area contributed by atoms with Gasteiger partial charge in [-0.3, -0.25) is 0 Å². The second-order valence-corrected chi connectivity index (χ2v) is 7.41. The van der Waals surface area contributed by atoms with Crippen LogP contribution < -0.4 is 21.7 Å². The molecule has 0 fully saturated rings. The lowest BCUT2D eigenvalue weighted by Gasteiger charge is -2.22. The standard InChI is InChI=1S/C14H14N5S2.BrH/c1-8-4-6-11(7-5-8)12-18-13(20-9(2)16-18)15-14-19(12)17-10(3)21-14;/h4-7,12H,1-3H3;1H/q+1;/p-1. The van der Waals surface area contributed by atoms with E-state index in [1.165, 1.54) is 11.1 Å². The Morgan fingerprint density at radius 1 is 1.14 bits per heavy atom. The number of amidine groups is 1. The van der Waals surface area contributed by atoms with Gasteiger partial charge >= 0.3 is 10.3 Å². The fourth-order valence-corrected chi connectivity index (χ4v) is 4.04. The zero-order valence-corrected chi connectivity index (χ0v) is 15.5. The lowest BCUT2D eigenvalue weighted by atomic mass is 10.1. The number of fused-ring (bicyclic) bond motifs is 2. The highest BCUT2D eigenvalue weighted by molar-refractivity contribution is 8.26. The van der Waals surface area contributed by atoms with Crippen LogP contribution in [-0.2, 0) is 0 Å². The van der Waals surface area contributed by atoms with Crippen LogP contribution in [0.2, 0.25) is 0 Å². The van der Waals surface area contributed by atoms with Crippen LogP contribution in [0.15, 0.2) is 34.4 Å². The number of aromatic nitrogens is 2. The first-order valence-electron chi connectivity index (χ1n) is 6.68. The van der Waals surface area contributed by atoms with Crippen LogP contribution in [0.5, 0.6) is 0 Å². The molecular formula is C14H14BrN5S2. The molecule has 2 aromatic rings. The minimum absolute atomic E-state index is 0. The van der Waals surface area contributed by atoms with Gasteiger partial charge in [0.2, 0.25) is 6.17 Å². The van der Waals surface area contributed by atoms with Crippen molar-refractivity contribution in [3.63, 3.8) is 0 Å². The van der Waals surface area contributed by atoms with Crippen molar-refractivity contribution in [2.45, 2.75) is 26.9 Å². The van der Waals surface area contributed by atoms with Crippen molar-refractivity contribution in [1.82, 2.24) is 10.1 Å². The number of benzene rings is 1. The molecule has 0 N–H and O–H groups in total. The van der Waals surface area contributed by atoms with E-state index < -0.39 is 0 Å². The summed E-state index contributed by atoms with van der Waals surface area (Å²) in [6.45, 7) is 6.11. The van der Waals surface area contributed by atoms with Crippen molar-refractivity contribution in [2.75, 3.05) is 0 Å². The molecule has 5 nitrogen and oxygen atoms in total. The van der Waals surface area contributed by atoms with Crippen LogP contribution in [0, 0.1) is 13.8 Å². The van der Waals surface area contributed by atoms with Gasteiger partial charge in [0, 0.05) is 10.6 Å². The van der Waals surface area contributed by atoms with E-state index in [9.17, 15) is 0 Å². The first kappa shape index (κ1) is 15.6. The average molecular weight is 396 g/mol. The number of hydrazone groups is 1. The van der Waals surface area contributed by atoms with E-state index in [0.29, 0.717) is 0 Å². The summed E-state index contributed by atoms with van der Waals surface area (Å²) in [5.41, 5.74) is 2.42. The first-order valence-corrected chi connectivity index (χ1v) is 8.32. The molecule has 114 valence electrons. The van der Waals surface area contributed by atoms with Crippen LogP contribution in [0.1, 0.15) is 29.2 Å². The molecule has 3 heterocycles. The fraction of sp³-hybridized carbons (Fsp3) is 0.286. The molecule has 8 heteroatoms. The van der Waals surface area contributed by atoms with Crippen LogP contribution in [-0.4, -0.2) is 20.3 Å². The normalized spacial score (nSPS) is 19.0. The van der Waals surface area contributed by atoms with Gasteiger partial charge in [-0.25, -0.2) is 0 Å². The summed E-state index contributed by atoms with van der Waals surface area (Å²) in [7, 11) is 0. The topological polar surface area (TPSA) is 44.7 Å². The highest BCUT2D eigenvalue weighted by Gasteiger charge is 2.44. The minimum Gasteiger partial charge on any atom is -1.00 e. The summed E-state index contributed by atoms with van der Waals surface area (Å²) in [4.78, 5) is 4.68. The predicted octanol–water partition coefficient (Wildman–Crippen LogP) is -0.0184. The van der Waals surface area contributed by atoms with Crippen LogP contribution in [0.3, 0.4) is 0 Å². The van der Waals surface area contributed by atoms with Gasteiger partial charge in [-0.2, -0.15) is 10.1 Å². The van der Waals surface area contributed by atoms with Gasteiger partial charge in [0.15, 0.2) is 0 Å². The van der Waals surface area contributed by atoms with E-state index in [4.69, 9.17) is 0 Å². The Hall–Kier alpha value is -1.25. The molecule has 0 spiro atoms. The number of thioether (sulfide) groups is 1. The fourth-order valence-electron chi connectivity index (χ4n) is 2.46. The zero-order valence-electron chi connectivity index (χ0n) is 12.3. The Labute approximate surface area is 147 Å². The molecule has 0 saturated carbocycles. The highest BCUT2D eigenvalue weighted by atomic mass is 79.9. The quantitative estimate of drug-likeness (QED) is 0.637. The molecule has 1 aromatic carbocycles. The Morgan fingerprint density at radius 2 is 1.86 bits per heavy atom. The number of rotatable bonds is 1. The van der Waals surface area contributed by atoms with Crippen molar-refractivity contribution < 1.29 is 21.7 Å². The molecule has 4 rings (SSSR count). The molecule has 1 unspecified atom stereocenters. The maximum atomic E-state index is 4.68. The van der Waals surface area contributed by atoms with Crippen LogP contribution >= 0.6 is 23.1 Å². The van der Waals surface area contributed by atoms with E-state index in [1.54, 1.807) is 23.1 Å². The van der Waals surface area contributed by atoms with Gasteiger partial charge in [-0.1, -0.05) is 39.6 Å². The molecule has 2 aliphatic heterocycles. The van der Waals surface area contributed by atoms with Gasteiger partial charge in [-0.15, -0.1) is 0 Å². The van der Waals surface area contributed by atoms with Crippen molar-refractivity contribution in [2.24, 2.45) is 10.1 Å². The third-order valence-corrected chi connectivity index (χ3v) is 5.07. The number of halogens is 1. The second kappa shape index (κ2) is 5.75. The second-order valence-electron chi connectivity index (χ2n) is 5.09. The van der Waals surface area contributed by atoms with Gasteiger partial charge in [0.05, 0.1) is 0 Å². The number of hydrogen-bond donors (Lipinski definition) is 0. The Bertz CT molecular complexity index is 781. The van der Waals surface area contributed by atoms with E-state index in [0.717, 1.165) is 20.4 Å².